The van der Waals surface area contributed by atoms with Gasteiger partial charge in [-0.25, -0.2) is 0 Å². The van der Waals surface area contributed by atoms with E-state index in [2.05, 4.69) is 26.6 Å². The Bertz CT molecular complexity index is 853. The third kappa shape index (κ3) is 7.34. The number of para-hydroxylation sites is 1. The van der Waals surface area contributed by atoms with E-state index in [0.29, 0.717) is 12.1 Å². The molecule has 0 atom stereocenters. The number of rotatable bonds is 9. The molecule has 0 unspecified atom stereocenters. The summed E-state index contributed by atoms with van der Waals surface area (Å²) in [5, 5.41) is 5.59. The average molecular weight is 460 g/mol. The fraction of sp³-hybridized carbons (Fsp3) is 0.318. The van der Waals surface area contributed by atoms with Crippen LogP contribution in [0.3, 0.4) is 0 Å². The first kappa shape index (κ1) is 22.6. The van der Waals surface area contributed by atoms with Crippen molar-refractivity contribution in [1.82, 2.24) is 10.2 Å². The second-order valence-electron chi connectivity index (χ2n) is 6.69. The van der Waals surface area contributed by atoms with Gasteiger partial charge in [-0.2, -0.15) is 0 Å². The molecule has 0 heterocycles. The summed E-state index contributed by atoms with van der Waals surface area (Å²) in [4.78, 5) is 38.6. The van der Waals surface area contributed by atoms with Gasteiger partial charge >= 0.3 is 0 Å². The molecule has 0 radical (unpaired) electrons. The highest BCUT2D eigenvalue weighted by molar-refractivity contribution is 9.10. The van der Waals surface area contributed by atoms with Crippen LogP contribution in [0.1, 0.15) is 35.7 Å². The molecule has 2 rings (SSSR count). The van der Waals surface area contributed by atoms with Gasteiger partial charge in [-0.15, -0.1) is 0 Å². The topological polar surface area (TPSA) is 78.5 Å². The van der Waals surface area contributed by atoms with Crippen molar-refractivity contribution in [3.8, 4) is 0 Å². The normalized spacial score (nSPS) is 10.3. The van der Waals surface area contributed by atoms with Gasteiger partial charge in [0.25, 0.3) is 5.91 Å². The number of hydrogen-bond donors (Lipinski definition) is 2. The number of nitrogens with zero attached hydrogens (tertiary/aromatic N) is 1. The molecule has 0 aromatic heterocycles. The summed E-state index contributed by atoms with van der Waals surface area (Å²) in [6.07, 6.45) is 0.883. The Morgan fingerprint density at radius 2 is 1.72 bits per heavy atom. The third-order valence-electron chi connectivity index (χ3n) is 4.33. The number of aryl methyl sites for hydroxylation is 1. The molecule has 0 aliphatic rings. The van der Waals surface area contributed by atoms with E-state index in [1.165, 1.54) is 4.90 Å². The lowest BCUT2D eigenvalue weighted by molar-refractivity contribution is -0.134. The molecule has 0 saturated heterocycles. The van der Waals surface area contributed by atoms with Crippen LogP contribution >= 0.6 is 15.9 Å². The van der Waals surface area contributed by atoms with Crippen LogP contribution in [0, 0.1) is 6.92 Å². The van der Waals surface area contributed by atoms with Gasteiger partial charge in [-0.1, -0.05) is 41.1 Å². The number of nitrogens with one attached hydrogen (secondary N) is 2. The number of benzene rings is 2. The molecular weight excluding hydrogens is 434 g/mol. The van der Waals surface area contributed by atoms with Crippen molar-refractivity contribution in [2.45, 2.75) is 26.7 Å². The van der Waals surface area contributed by atoms with Crippen LogP contribution in [0.2, 0.25) is 0 Å². The molecule has 2 N–H and O–H groups in total. The Morgan fingerprint density at radius 3 is 2.38 bits per heavy atom. The number of amides is 3. The Morgan fingerprint density at radius 1 is 1.03 bits per heavy atom. The highest BCUT2D eigenvalue weighted by atomic mass is 79.9. The third-order valence-corrected chi connectivity index (χ3v) is 4.86. The van der Waals surface area contributed by atoms with Crippen LogP contribution in [0.15, 0.2) is 53.0 Å². The molecule has 2 aromatic carbocycles. The second kappa shape index (κ2) is 11.4. The minimum Gasteiger partial charge on any atom is -0.352 e. The molecular formula is C22H26BrN3O3. The van der Waals surface area contributed by atoms with E-state index in [9.17, 15) is 14.4 Å². The molecule has 154 valence electrons. The van der Waals surface area contributed by atoms with Crippen LogP contribution in [0.4, 0.5) is 5.69 Å². The van der Waals surface area contributed by atoms with E-state index in [1.54, 1.807) is 24.3 Å². The van der Waals surface area contributed by atoms with Crippen molar-refractivity contribution in [1.29, 1.82) is 0 Å². The second-order valence-corrected chi connectivity index (χ2v) is 7.61. The van der Waals surface area contributed by atoms with Gasteiger partial charge in [-0.3, -0.25) is 14.4 Å². The maximum absolute atomic E-state index is 12.5. The summed E-state index contributed by atoms with van der Waals surface area (Å²) in [6.45, 7) is 4.56. The van der Waals surface area contributed by atoms with E-state index in [4.69, 9.17) is 0 Å². The smallest absolute Gasteiger partial charge is 0.251 e. The standard InChI is InChI=1S/C22H26BrN3O3/c1-3-14-26(15-20(27)25-19-7-5-4-6-16(19)2)21(28)12-13-24-22(29)17-8-10-18(23)11-9-17/h4-11H,3,12-15H2,1-2H3,(H,24,29)(H,25,27). The lowest BCUT2D eigenvalue weighted by Crippen LogP contribution is -2.40. The number of halogens is 1. The summed E-state index contributed by atoms with van der Waals surface area (Å²) in [7, 11) is 0. The number of carbonyl (C=O) groups is 3. The van der Waals surface area contributed by atoms with Gasteiger partial charge in [0.05, 0.1) is 6.54 Å². The zero-order valence-corrected chi connectivity index (χ0v) is 18.3. The fourth-order valence-electron chi connectivity index (χ4n) is 2.78. The minimum absolute atomic E-state index is 0.0122. The maximum atomic E-state index is 12.5. The lowest BCUT2D eigenvalue weighted by Gasteiger charge is -2.22. The summed E-state index contributed by atoms with van der Waals surface area (Å²) in [5.41, 5.74) is 2.23. The van der Waals surface area contributed by atoms with Gasteiger partial charge < -0.3 is 15.5 Å². The quantitative estimate of drug-likeness (QED) is 0.598. The summed E-state index contributed by atoms with van der Waals surface area (Å²) in [5.74, 6) is -0.632. The van der Waals surface area contributed by atoms with Gasteiger partial charge in [-0.05, 0) is 49.2 Å². The highest BCUT2D eigenvalue weighted by Gasteiger charge is 2.17. The molecule has 3 amide bonds. The summed E-state index contributed by atoms with van der Waals surface area (Å²) in [6, 6.07) is 14.5. The van der Waals surface area contributed by atoms with E-state index in [0.717, 1.165) is 22.1 Å². The van der Waals surface area contributed by atoms with Crippen LogP contribution in [-0.2, 0) is 9.59 Å². The Hall–Kier alpha value is -2.67. The van der Waals surface area contributed by atoms with E-state index >= 15 is 0 Å². The Kier molecular flexibility index (Phi) is 8.86. The van der Waals surface area contributed by atoms with Crippen LogP contribution < -0.4 is 10.6 Å². The largest absolute Gasteiger partial charge is 0.352 e. The molecule has 0 saturated carbocycles. The van der Waals surface area contributed by atoms with Gasteiger partial charge in [0.15, 0.2) is 0 Å². The molecule has 29 heavy (non-hydrogen) atoms. The van der Waals surface area contributed by atoms with Crippen molar-refractivity contribution >= 4 is 39.3 Å². The Balaban J connectivity index is 1.84. The molecule has 6 nitrogen and oxygen atoms in total. The number of hydrogen-bond acceptors (Lipinski definition) is 3. The average Bonchev–Trinajstić information content (AvgIpc) is 2.69. The van der Waals surface area contributed by atoms with Crippen LogP contribution in [-0.4, -0.2) is 42.3 Å². The zero-order valence-electron chi connectivity index (χ0n) is 16.7. The molecule has 7 heteroatoms. The number of anilines is 1. The van der Waals surface area contributed by atoms with Crippen LogP contribution in [0.25, 0.3) is 0 Å². The predicted molar refractivity (Wildman–Crippen MR) is 118 cm³/mol. The highest BCUT2D eigenvalue weighted by Crippen LogP contribution is 2.13. The van der Waals surface area contributed by atoms with Gasteiger partial charge in [0.2, 0.25) is 11.8 Å². The lowest BCUT2D eigenvalue weighted by atomic mass is 10.2. The first-order valence-electron chi connectivity index (χ1n) is 9.57. The first-order valence-corrected chi connectivity index (χ1v) is 10.4. The monoisotopic (exact) mass is 459 g/mol. The summed E-state index contributed by atoms with van der Waals surface area (Å²) < 4.78 is 0.892. The van der Waals surface area contributed by atoms with Gasteiger partial charge in [0, 0.05) is 35.2 Å². The first-order chi connectivity index (χ1) is 13.9. The van der Waals surface area contributed by atoms with E-state index < -0.39 is 0 Å². The number of carbonyl (C=O) groups excluding carboxylic acids is 3. The van der Waals surface area contributed by atoms with Crippen LogP contribution in [0.5, 0.6) is 0 Å². The molecule has 0 aliphatic heterocycles. The molecule has 0 fully saturated rings. The van der Waals surface area contributed by atoms with Crippen molar-refractivity contribution in [3.05, 3.63) is 64.1 Å². The SMILES string of the molecule is CCCN(CC(=O)Nc1ccccc1C)C(=O)CCNC(=O)c1ccc(Br)cc1. The summed E-state index contributed by atoms with van der Waals surface area (Å²) >= 11 is 3.33. The van der Waals surface area contributed by atoms with Gasteiger partial charge in [0.1, 0.15) is 0 Å². The van der Waals surface area contributed by atoms with Crippen molar-refractivity contribution in [2.75, 3.05) is 25.0 Å². The molecule has 0 bridgehead atoms. The zero-order chi connectivity index (χ0) is 21.2. The molecule has 0 aliphatic carbocycles. The molecule has 0 spiro atoms. The van der Waals surface area contributed by atoms with Crippen molar-refractivity contribution < 1.29 is 14.4 Å². The minimum atomic E-state index is -0.236. The van der Waals surface area contributed by atoms with E-state index in [-0.39, 0.29) is 37.2 Å². The van der Waals surface area contributed by atoms with Crippen molar-refractivity contribution in [3.63, 3.8) is 0 Å². The fourth-order valence-corrected chi connectivity index (χ4v) is 3.05. The van der Waals surface area contributed by atoms with E-state index in [1.807, 2.05) is 38.1 Å². The maximum Gasteiger partial charge on any atom is 0.251 e. The molecule has 2 aromatic rings. The Labute approximate surface area is 179 Å². The van der Waals surface area contributed by atoms with Crippen molar-refractivity contribution in [2.24, 2.45) is 0 Å². The predicted octanol–water partition coefficient (Wildman–Crippen LogP) is 3.75.